The highest BCUT2D eigenvalue weighted by atomic mass is 19.2. The van der Waals surface area contributed by atoms with Crippen molar-refractivity contribution in [2.24, 2.45) is 0 Å². The van der Waals surface area contributed by atoms with Gasteiger partial charge in [-0.2, -0.15) is 8.78 Å². The Hall–Kier alpha value is -4.81. The Kier molecular flexibility index (Phi) is 7.84. The maximum Gasteiger partial charge on any atom is 0.349 e. The number of hydrogen-bond acceptors (Lipinski definition) is 8. The molecule has 1 aliphatic rings. The van der Waals surface area contributed by atoms with Crippen LogP contribution in [0.2, 0.25) is 0 Å². The van der Waals surface area contributed by atoms with Crippen molar-refractivity contribution in [3.63, 3.8) is 0 Å². The van der Waals surface area contributed by atoms with E-state index in [9.17, 15) is 31.5 Å². The third-order valence-corrected chi connectivity index (χ3v) is 5.66. The highest BCUT2D eigenvalue weighted by Gasteiger charge is 2.31. The first-order valence-corrected chi connectivity index (χ1v) is 11.2. The third-order valence-electron chi connectivity index (χ3n) is 5.66. The Morgan fingerprint density at radius 3 is 1.95 bits per heavy atom. The van der Waals surface area contributed by atoms with Crippen LogP contribution in [0.3, 0.4) is 0 Å². The Balaban J connectivity index is 1.53. The normalized spacial score (nSPS) is 13.1. The Morgan fingerprint density at radius 2 is 1.40 bits per heavy atom. The van der Waals surface area contributed by atoms with Crippen LogP contribution in [0.5, 0.6) is 34.5 Å². The Bertz CT molecular complexity index is 1510. The van der Waals surface area contributed by atoms with Crippen molar-refractivity contribution in [1.82, 2.24) is 0 Å². The lowest BCUT2D eigenvalue weighted by molar-refractivity contribution is -0.136. The SMILES string of the molecule is COc1cc(/C=C2\Oc3cc(OC(=O)COc4c(F)c(F)c(F)c(F)c4F)cc(C)c3C2=O)cc(OC)c1OC. The van der Waals surface area contributed by atoms with Crippen LogP contribution in [-0.4, -0.2) is 39.7 Å². The molecule has 3 aromatic rings. The molecule has 8 nitrogen and oxygen atoms in total. The van der Waals surface area contributed by atoms with Crippen LogP contribution in [0, 0.1) is 36.0 Å². The number of carbonyl (C=O) groups is 2. The fourth-order valence-corrected chi connectivity index (χ4v) is 3.88. The molecule has 13 heteroatoms. The van der Waals surface area contributed by atoms with Gasteiger partial charge in [0, 0.05) is 6.07 Å². The largest absolute Gasteiger partial charge is 0.493 e. The average molecular weight is 566 g/mol. The number of Topliss-reactive ketones (excluding diaryl/α,β-unsaturated/α-hetero) is 1. The highest BCUT2D eigenvalue weighted by Crippen LogP contribution is 2.41. The molecule has 0 atom stereocenters. The van der Waals surface area contributed by atoms with E-state index in [1.54, 1.807) is 19.1 Å². The molecule has 0 saturated heterocycles. The van der Waals surface area contributed by atoms with Gasteiger partial charge in [0.25, 0.3) is 0 Å². The van der Waals surface area contributed by atoms with Crippen LogP contribution in [0.25, 0.3) is 6.08 Å². The van der Waals surface area contributed by atoms with Gasteiger partial charge in [0.15, 0.2) is 29.6 Å². The molecule has 0 spiro atoms. The van der Waals surface area contributed by atoms with Gasteiger partial charge in [-0.05, 0) is 42.3 Å². The number of allylic oxidation sites excluding steroid dienone is 1. The number of ether oxygens (including phenoxy) is 6. The smallest absolute Gasteiger partial charge is 0.349 e. The third kappa shape index (κ3) is 5.09. The maximum absolute atomic E-state index is 13.8. The van der Waals surface area contributed by atoms with Crippen molar-refractivity contribution in [2.45, 2.75) is 6.92 Å². The van der Waals surface area contributed by atoms with Gasteiger partial charge >= 0.3 is 5.97 Å². The van der Waals surface area contributed by atoms with Crippen LogP contribution >= 0.6 is 0 Å². The number of benzene rings is 3. The predicted octanol–water partition coefficient (Wildman–Crippen LogP) is 5.32. The van der Waals surface area contributed by atoms with Crippen molar-refractivity contribution in [3.05, 3.63) is 75.8 Å². The second kappa shape index (κ2) is 11.1. The van der Waals surface area contributed by atoms with E-state index < -0.39 is 53.2 Å². The van der Waals surface area contributed by atoms with E-state index in [-0.39, 0.29) is 22.8 Å². The summed E-state index contributed by atoms with van der Waals surface area (Å²) in [6, 6.07) is 5.72. The average Bonchev–Trinajstić information content (AvgIpc) is 3.24. The molecule has 210 valence electrons. The van der Waals surface area contributed by atoms with E-state index in [1.807, 2.05) is 0 Å². The van der Waals surface area contributed by atoms with Gasteiger partial charge in [0.1, 0.15) is 11.5 Å². The lowest BCUT2D eigenvalue weighted by Crippen LogP contribution is -2.19. The second-order valence-electron chi connectivity index (χ2n) is 8.17. The summed E-state index contributed by atoms with van der Waals surface area (Å²) in [7, 11) is 4.31. The number of hydrogen-bond donors (Lipinski definition) is 0. The summed E-state index contributed by atoms with van der Waals surface area (Å²) in [5.41, 5.74) is 1.04. The fraction of sp³-hybridized carbons (Fsp3) is 0.185. The van der Waals surface area contributed by atoms with E-state index in [2.05, 4.69) is 4.74 Å². The van der Waals surface area contributed by atoms with Crippen LogP contribution < -0.4 is 28.4 Å². The van der Waals surface area contributed by atoms with Gasteiger partial charge in [-0.1, -0.05) is 0 Å². The number of ketones is 1. The summed E-state index contributed by atoms with van der Waals surface area (Å²) in [5.74, 6) is -13.8. The second-order valence-corrected chi connectivity index (χ2v) is 8.17. The Morgan fingerprint density at radius 1 is 0.825 bits per heavy atom. The van der Waals surface area contributed by atoms with Crippen molar-refractivity contribution < 1.29 is 60.0 Å². The van der Waals surface area contributed by atoms with E-state index in [0.717, 1.165) is 0 Å². The summed E-state index contributed by atoms with van der Waals surface area (Å²) in [5, 5.41) is 0. The first-order valence-electron chi connectivity index (χ1n) is 11.2. The molecule has 0 aliphatic carbocycles. The number of halogens is 5. The van der Waals surface area contributed by atoms with Crippen molar-refractivity contribution in [1.29, 1.82) is 0 Å². The molecule has 0 amide bonds. The molecule has 40 heavy (non-hydrogen) atoms. The summed E-state index contributed by atoms with van der Waals surface area (Å²) >= 11 is 0. The molecule has 4 rings (SSSR count). The zero-order valence-electron chi connectivity index (χ0n) is 21.2. The molecule has 1 aliphatic heterocycles. The monoisotopic (exact) mass is 566 g/mol. The summed E-state index contributed by atoms with van der Waals surface area (Å²) in [6.07, 6.45) is 1.44. The van der Waals surface area contributed by atoms with Crippen LogP contribution in [-0.2, 0) is 4.79 Å². The lowest BCUT2D eigenvalue weighted by Gasteiger charge is -2.13. The van der Waals surface area contributed by atoms with Gasteiger partial charge in [0.05, 0.1) is 26.9 Å². The van der Waals surface area contributed by atoms with Gasteiger partial charge in [-0.15, -0.1) is 0 Å². The quantitative estimate of drug-likeness (QED) is 0.0905. The predicted molar refractivity (Wildman–Crippen MR) is 128 cm³/mol. The molecule has 3 aromatic carbocycles. The van der Waals surface area contributed by atoms with Crippen LogP contribution in [0.15, 0.2) is 30.0 Å². The highest BCUT2D eigenvalue weighted by molar-refractivity contribution is 6.15. The van der Waals surface area contributed by atoms with Crippen molar-refractivity contribution in [3.8, 4) is 34.5 Å². The molecular formula is C27H19F5O8. The molecule has 1 heterocycles. The summed E-state index contributed by atoms with van der Waals surface area (Å²) < 4.78 is 98.5. The number of methoxy groups -OCH3 is 3. The van der Waals surface area contributed by atoms with Gasteiger partial charge in [-0.25, -0.2) is 18.0 Å². The van der Waals surface area contributed by atoms with E-state index in [1.165, 1.54) is 39.5 Å². The van der Waals surface area contributed by atoms with Gasteiger partial charge in [0.2, 0.25) is 40.6 Å². The molecule has 0 unspecified atom stereocenters. The minimum atomic E-state index is -2.37. The number of carbonyl (C=O) groups excluding carboxylic acids is 2. The molecule has 0 aromatic heterocycles. The van der Waals surface area contributed by atoms with Crippen molar-refractivity contribution >= 4 is 17.8 Å². The number of fused-ring (bicyclic) bond motifs is 1. The summed E-state index contributed by atoms with van der Waals surface area (Å²) in [6.45, 7) is 0.353. The minimum Gasteiger partial charge on any atom is -0.493 e. The summed E-state index contributed by atoms with van der Waals surface area (Å²) in [4.78, 5) is 25.2. The molecular weight excluding hydrogens is 547 g/mol. The standard InChI is InChI=1S/C27H19F5O8/c1-11-5-13(39-18(33)10-38-27-23(31)21(29)20(28)22(30)24(27)32)9-14-19(11)25(34)15(40-14)6-12-7-16(35-2)26(37-4)17(8-12)36-3/h5-9H,10H2,1-4H3/b15-6-. The van der Waals surface area contributed by atoms with Gasteiger partial charge < -0.3 is 28.4 Å². The van der Waals surface area contributed by atoms with Crippen LogP contribution in [0.1, 0.15) is 21.5 Å². The zero-order chi connectivity index (χ0) is 29.3. The molecule has 0 radical (unpaired) electrons. The number of aryl methyl sites for hydroxylation is 1. The topological polar surface area (TPSA) is 89.5 Å². The first-order chi connectivity index (χ1) is 19.0. The molecule has 0 saturated carbocycles. The fourth-order valence-electron chi connectivity index (χ4n) is 3.88. The lowest BCUT2D eigenvalue weighted by atomic mass is 10.0. The number of rotatable bonds is 8. The van der Waals surface area contributed by atoms with E-state index in [0.29, 0.717) is 28.4 Å². The van der Waals surface area contributed by atoms with Gasteiger partial charge in [-0.3, -0.25) is 4.79 Å². The molecule has 0 bridgehead atoms. The van der Waals surface area contributed by atoms with Crippen LogP contribution in [0.4, 0.5) is 22.0 Å². The minimum absolute atomic E-state index is 0.0483. The van der Waals surface area contributed by atoms with Crippen molar-refractivity contribution in [2.75, 3.05) is 27.9 Å². The first kappa shape index (κ1) is 28.2. The zero-order valence-corrected chi connectivity index (χ0v) is 21.2. The van der Waals surface area contributed by atoms with E-state index >= 15 is 0 Å². The maximum atomic E-state index is 13.8. The number of esters is 1. The molecule has 0 fully saturated rings. The molecule has 0 N–H and O–H groups in total. The van der Waals surface area contributed by atoms with E-state index in [4.69, 9.17) is 23.7 Å². The Labute approximate surface area is 223 Å².